The third-order valence-electron chi connectivity index (χ3n) is 2.22. The summed E-state index contributed by atoms with van der Waals surface area (Å²) in [6.45, 7) is 4.85. The van der Waals surface area contributed by atoms with E-state index in [1.165, 1.54) is 0 Å². The van der Waals surface area contributed by atoms with Crippen LogP contribution < -0.4 is 5.32 Å². The zero-order valence-electron chi connectivity index (χ0n) is 8.48. The Morgan fingerprint density at radius 1 is 1.43 bits per heavy atom. The second-order valence-electron chi connectivity index (χ2n) is 3.16. The molecule has 0 aliphatic carbocycles. The lowest BCUT2D eigenvalue weighted by Crippen LogP contribution is -2.21. The Morgan fingerprint density at radius 3 is 2.71 bits per heavy atom. The summed E-state index contributed by atoms with van der Waals surface area (Å²) in [7, 11) is 0. The summed E-state index contributed by atoms with van der Waals surface area (Å²) >= 11 is 5.71. The van der Waals surface area contributed by atoms with Gasteiger partial charge in [-0.2, -0.15) is 0 Å². The Bertz CT molecular complexity index is 301. The van der Waals surface area contributed by atoms with E-state index < -0.39 is 0 Å². The zero-order valence-corrected chi connectivity index (χ0v) is 9.24. The van der Waals surface area contributed by atoms with E-state index in [9.17, 15) is 4.39 Å². The fourth-order valence-electron chi connectivity index (χ4n) is 1.51. The molecule has 0 aliphatic heterocycles. The second-order valence-corrected chi connectivity index (χ2v) is 3.57. The van der Waals surface area contributed by atoms with Crippen LogP contribution in [0.25, 0.3) is 0 Å². The molecule has 0 spiro atoms. The molecule has 0 heterocycles. The lowest BCUT2D eigenvalue weighted by Gasteiger charge is -2.17. The van der Waals surface area contributed by atoms with Gasteiger partial charge in [-0.1, -0.05) is 37.6 Å². The fraction of sp³-hybridized carbons (Fsp3) is 0.455. The van der Waals surface area contributed by atoms with Crippen LogP contribution in [-0.4, -0.2) is 6.54 Å². The van der Waals surface area contributed by atoms with E-state index in [4.69, 9.17) is 11.6 Å². The Hall–Kier alpha value is -0.600. The van der Waals surface area contributed by atoms with Gasteiger partial charge in [0, 0.05) is 11.6 Å². The molecule has 1 nitrogen and oxygen atoms in total. The maximum Gasteiger partial charge on any atom is 0.146 e. The van der Waals surface area contributed by atoms with Crippen molar-refractivity contribution in [2.24, 2.45) is 0 Å². The van der Waals surface area contributed by atoms with Gasteiger partial charge in [-0.25, -0.2) is 4.39 Å². The number of benzene rings is 1. The summed E-state index contributed by atoms with van der Waals surface area (Å²) in [6, 6.07) is 5.18. The van der Waals surface area contributed by atoms with Gasteiger partial charge in [-0.15, -0.1) is 0 Å². The molecular formula is C11H15ClFN. The van der Waals surface area contributed by atoms with Crippen molar-refractivity contribution in [2.45, 2.75) is 26.3 Å². The Balaban J connectivity index is 2.97. The van der Waals surface area contributed by atoms with Crippen molar-refractivity contribution in [2.75, 3.05) is 6.54 Å². The predicted molar refractivity (Wildman–Crippen MR) is 58.1 cm³/mol. The molecule has 0 fully saturated rings. The minimum Gasteiger partial charge on any atom is -0.310 e. The van der Waals surface area contributed by atoms with E-state index in [1.807, 2.05) is 13.8 Å². The van der Waals surface area contributed by atoms with Crippen LogP contribution in [0.5, 0.6) is 0 Å². The van der Waals surface area contributed by atoms with Gasteiger partial charge < -0.3 is 5.32 Å². The van der Waals surface area contributed by atoms with E-state index >= 15 is 0 Å². The van der Waals surface area contributed by atoms with Crippen molar-refractivity contribution >= 4 is 11.6 Å². The monoisotopic (exact) mass is 215 g/mol. The molecule has 1 unspecified atom stereocenters. The topological polar surface area (TPSA) is 12.0 Å². The number of hydrogen-bond donors (Lipinski definition) is 1. The molecule has 0 radical (unpaired) electrons. The van der Waals surface area contributed by atoms with Crippen LogP contribution >= 0.6 is 11.6 Å². The van der Waals surface area contributed by atoms with E-state index in [-0.39, 0.29) is 16.9 Å². The lowest BCUT2D eigenvalue weighted by molar-refractivity contribution is 0.501. The van der Waals surface area contributed by atoms with Gasteiger partial charge in [0.05, 0.1) is 5.02 Å². The standard InChI is InChI=1S/C11H15ClFN/c1-3-10(14-4-2)8-6-5-7-9(12)11(8)13/h5-7,10,14H,3-4H2,1-2H3. The molecule has 1 rings (SSSR count). The fourth-order valence-corrected chi connectivity index (χ4v) is 1.69. The first kappa shape index (κ1) is 11.5. The van der Waals surface area contributed by atoms with E-state index in [0.717, 1.165) is 13.0 Å². The minimum absolute atomic E-state index is 0.0544. The molecule has 1 aromatic carbocycles. The molecule has 0 saturated carbocycles. The van der Waals surface area contributed by atoms with Crippen molar-refractivity contribution < 1.29 is 4.39 Å². The average molecular weight is 216 g/mol. The zero-order chi connectivity index (χ0) is 10.6. The Labute approximate surface area is 89.3 Å². The third kappa shape index (κ3) is 2.46. The van der Waals surface area contributed by atoms with Crippen LogP contribution in [0, 0.1) is 5.82 Å². The highest BCUT2D eigenvalue weighted by molar-refractivity contribution is 6.30. The first-order chi connectivity index (χ1) is 6.70. The van der Waals surface area contributed by atoms with Crippen LogP contribution in [0.15, 0.2) is 18.2 Å². The minimum atomic E-state index is -0.304. The molecule has 1 aromatic rings. The molecule has 3 heteroatoms. The first-order valence-corrected chi connectivity index (χ1v) is 5.25. The van der Waals surface area contributed by atoms with Crippen molar-refractivity contribution in [3.05, 3.63) is 34.6 Å². The number of rotatable bonds is 4. The summed E-state index contributed by atoms with van der Waals surface area (Å²) in [4.78, 5) is 0. The van der Waals surface area contributed by atoms with Crippen LogP contribution in [0.3, 0.4) is 0 Å². The van der Waals surface area contributed by atoms with Gasteiger partial charge in [0.15, 0.2) is 0 Å². The van der Waals surface area contributed by atoms with Gasteiger partial charge in [0.25, 0.3) is 0 Å². The van der Waals surface area contributed by atoms with Gasteiger partial charge in [-0.05, 0) is 19.0 Å². The molecule has 1 N–H and O–H groups in total. The quantitative estimate of drug-likeness (QED) is 0.810. The Morgan fingerprint density at radius 2 is 2.14 bits per heavy atom. The molecule has 0 bridgehead atoms. The summed E-state index contributed by atoms with van der Waals surface area (Å²) in [6.07, 6.45) is 0.852. The van der Waals surface area contributed by atoms with E-state index in [2.05, 4.69) is 5.32 Å². The van der Waals surface area contributed by atoms with E-state index in [1.54, 1.807) is 18.2 Å². The van der Waals surface area contributed by atoms with Crippen molar-refractivity contribution in [3.8, 4) is 0 Å². The van der Waals surface area contributed by atoms with Crippen LogP contribution in [-0.2, 0) is 0 Å². The smallest absolute Gasteiger partial charge is 0.146 e. The van der Waals surface area contributed by atoms with Gasteiger partial charge >= 0.3 is 0 Å². The molecule has 0 aliphatic rings. The summed E-state index contributed by atoms with van der Waals surface area (Å²) < 4.78 is 13.6. The molecule has 0 saturated heterocycles. The molecule has 14 heavy (non-hydrogen) atoms. The van der Waals surface area contributed by atoms with Crippen LogP contribution in [0.1, 0.15) is 31.9 Å². The molecule has 0 amide bonds. The third-order valence-corrected chi connectivity index (χ3v) is 2.51. The highest BCUT2D eigenvalue weighted by Gasteiger charge is 2.14. The average Bonchev–Trinajstić information content (AvgIpc) is 2.19. The van der Waals surface area contributed by atoms with Gasteiger partial charge in [-0.3, -0.25) is 0 Å². The summed E-state index contributed by atoms with van der Waals surface area (Å²) in [5, 5.41) is 3.41. The molecule has 0 aromatic heterocycles. The van der Waals surface area contributed by atoms with Gasteiger partial charge in [0.2, 0.25) is 0 Å². The number of hydrogen-bond acceptors (Lipinski definition) is 1. The number of nitrogens with one attached hydrogen (secondary N) is 1. The van der Waals surface area contributed by atoms with Crippen LogP contribution in [0.2, 0.25) is 5.02 Å². The maximum absolute atomic E-state index is 13.6. The van der Waals surface area contributed by atoms with Crippen molar-refractivity contribution in [1.82, 2.24) is 5.32 Å². The SMILES string of the molecule is CCNC(CC)c1cccc(Cl)c1F. The van der Waals surface area contributed by atoms with Crippen molar-refractivity contribution in [3.63, 3.8) is 0 Å². The molecule has 78 valence electrons. The van der Waals surface area contributed by atoms with Crippen molar-refractivity contribution in [1.29, 1.82) is 0 Å². The summed E-state index contributed by atoms with van der Waals surface area (Å²) in [5.74, 6) is -0.304. The van der Waals surface area contributed by atoms with Gasteiger partial charge in [0.1, 0.15) is 5.82 Å². The maximum atomic E-state index is 13.6. The summed E-state index contributed by atoms with van der Waals surface area (Å²) in [5.41, 5.74) is 0.654. The molecule has 1 atom stereocenters. The molecular weight excluding hydrogens is 201 g/mol. The van der Waals surface area contributed by atoms with Crippen LogP contribution in [0.4, 0.5) is 4.39 Å². The second kappa shape index (κ2) is 5.32. The highest BCUT2D eigenvalue weighted by Crippen LogP contribution is 2.24. The highest BCUT2D eigenvalue weighted by atomic mass is 35.5. The van der Waals surface area contributed by atoms with E-state index in [0.29, 0.717) is 5.56 Å². The Kier molecular flexibility index (Phi) is 4.36. The first-order valence-electron chi connectivity index (χ1n) is 4.88. The normalized spacial score (nSPS) is 12.9. The number of halogens is 2. The largest absolute Gasteiger partial charge is 0.310 e. The lowest BCUT2D eigenvalue weighted by atomic mass is 10.0. The predicted octanol–water partition coefficient (Wildman–Crippen LogP) is 3.54.